The predicted molar refractivity (Wildman–Crippen MR) is 121 cm³/mol. The Bertz CT molecular complexity index is 1090. The summed E-state index contributed by atoms with van der Waals surface area (Å²) in [5.41, 5.74) is 1.42. The van der Waals surface area contributed by atoms with Crippen molar-refractivity contribution in [1.82, 2.24) is 0 Å². The van der Waals surface area contributed by atoms with Crippen molar-refractivity contribution in [3.8, 4) is 0 Å². The maximum absolute atomic E-state index is 13.0. The van der Waals surface area contributed by atoms with E-state index in [-0.39, 0.29) is 46.5 Å². The largest absolute Gasteiger partial charge is 0.461 e. The molecule has 6 nitrogen and oxygen atoms in total. The molecule has 31 heavy (non-hydrogen) atoms. The van der Waals surface area contributed by atoms with Gasteiger partial charge in [-0.1, -0.05) is 39.1 Å². The van der Waals surface area contributed by atoms with Crippen molar-refractivity contribution in [2.75, 3.05) is 10.6 Å². The molecule has 1 heterocycles. The Kier molecular flexibility index (Phi) is 5.23. The van der Waals surface area contributed by atoms with E-state index in [0.29, 0.717) is 27.0 Å². The van der Waals surface area contributed by atoms with Crippen molar-refractivity contribution in [1.29, 1.82) is 0 Å². The zero-order chi connectivity index (χ0) is 21.9. The van der Waals surface area contributed by atoms with Gasteiger partial charge in [0.05, 0.1) is 27.4 Å². The van der Waals surface area contributed by atoms with Crippen LogP contribution in [0.5, 0.6) is 0 Å². The normalized spacial score (nSPS) is 30.2. The molecule has 5 rings (SSSR count). The van der Waals surface area contributed by atoms with Crippen molar-refractivity contribution in [2.24, 2.45) is 23.7 Å². The van der Waals surface area contributed by atoms with Crippen LogP contribution in [0.4, 0.5) is 11.4 Å². The number of anilines is 2. The van der Waals surface area contributed by atoms with Gasteiger partial charge in [0.15, 0.2) is 0 Å². The molecule has 2 aromatic rings. The molecule has 2 aromatic carbocycles. The fourth-order valence-corrected chi connectivity index (χ4v) is 6.55. The third-order valence-electron chi connectivity index (χ3n) is 6.42. The average Bonchev–Trinajstić information content (AvgIpc) is 3.35. The van der Waals surface area contributed by atoms with Crippen molar-refractivity contribution < 1.29 is 19.1 Å². The second kappa shape index (κ2) is 7.80. The van der Waals surface area contributed by atoms with Crippen molar-refractivity contribution in [2.45, 2.75) is 17.4 Å². The van der Waals surface area contributed by atoms with Gasteiger partial charge in [0.25, 0.3) is 5.91 Å². The lowest BCUT2D eigenvalue weighted by molar-refractivity contribution is -0.145. The Hall–Kier alpha value is -2.09. The monoisotopic (exact) mass is 522 g/mol. The van der Waals surface area contributed by atoms with Crippen LogP contribution in [-0.2, 0) is 14.3 Å². The van der Waals surface area contributed by atoms with Crippen LogP contribution in [0.25, 0.3) is 0 Å². The second-order valence-electron chi connectivity index (χ2n) is 8.11. The van der Waals surface area contributed by atoms with E-state index in [2.05, 4.69) is 26.6 Å². The van der Waals surface area contributed by atoms with Crippen molar-refractivity contribution in [3.05, 3.63) is 58.1 Å². The zero-order valence-electron chi connectivity index (χ0n) is 16.0. The minimum atomic E-state index is -0.407. The quantitative estimate of drug-likeness (QED) is 0.447. The number of fused-ring (bicyclic) bond motifs is 1. The van der Waals surface area contributed by atoms with Crippen LogP contribution in [0.1, 0.15) is 16.8 Å². The Morgan fingerprint density at radius 3 is 2.48 bits per heavy atom. The van der Waals surface area contributed by atoms with E-state index in [9.17, 15) is 14.4 Å². The predicted octanol–water partition coefficient (Wildman–Crippen LogP) is 4.76. The molecule has 160 valence electrons. The number of benzene rings is 2. The maximum atomic E-state index is 13.0. The average molecular weight is 524 g/mol. The van der Waals surface area contributed by atoms with Gasteiger partial charge < -0.3 is 15.4 Å². The summed E-state index contributed by atoms with van der Waals surface area (Å²) in [6, 6.07) is 11.4. The van der Waals surface area contributed by atoms with Crippen molar-refractivity contribution >= 4 is 68.3 Å². The molecule has 0 unspecified atom stereocenters. The lowest BCUT2D eigenvalue weighted by Gasteiger charge is -2.27. The number of hydrogen-bond donors (Lipinski definition) is 2. The highest BCUT2D eigenvalue weighted by Gasteiger charge is 2.67. The summed E-state index contributed by atoms with van der Waals surface area (Å²) in [5.74, 6) is -1.37. The van der Waals surface area contributed by atoms with Crippen LogP contribution in [0, 0.1) is 23.7 Å². The molecule has 0 spiro atoms. The fourth-order valence-electron chi connectivity index (χ4n) is 5.05. The summed E-state index contributed by atoms with van der Waals surface area (Å²) in [7, 11) is 0. The van der Waals surface area contributed by atoms with Crippen LogP contribution in [-0.4, -0.2) is 28.7 Å². The van der Waals surface area contributed by atoms with Crippen LogP contribution in [0.2, 0.25) is 10.0 Å². The smallest absolute Gasteiger partial charge is 0.310 e. The minimum Gasteiger partial charge on any atom is -0.461 e. The van der Waals surface area contributed by atoms with Gasteiger partial charge >= 0.3 is 5.97 Å². The Morgan fingerprint density at radius 2 is 1.77 bits per heavy atom. The number of halogens is 3. The van der Waals surface area contributed by atoms with E-state index >= 15 is 0 Å². The highest BCUT2D eigenvalue weighted by Crippen LogP contribution is 2.60. The SMILES string of the molecule is O=C(Nc1ccc(Cl)cc1Cl)c1ccc(NC(=O)[C@@H]2[C@H]3C[C@H]4[C@H](OC(=O)[C@@H]42)[C@H]3Br)cc1. The Balaban J connectivity index is 1.26. The molecule has 6 atom stereocenters. The summed E-state index contributed by atoms with van der Waals surface area (Å²) in [4.78, 5) is 37.7. The molecule has 2 bridgehead atoms. The first-order chi connectivity index (χ1) is 14.8. The van der Waals surface area contributed by atoms with E-state index in [1.807, 2.05) is 0 Å². The molecular weight excluding hydrogens is 507 g/mol. The molecule has 1 saturated heterocycles. The third-order valence-corrected chi connectivity index (χ3v) is 8.17. The lowest BCUT2D eigenvalue weighted by atomic mass is 9.79. The van der Waals surface area contributed by atoms with Gasteiger partial charge in [0.2, 0.25) is 5.91 Å². The molecule has 0 aromatic heterocycles. The topological polar surface area (TPSA) is 84.5 Å². The van der Waals surface area contributed by atoms with Gasteiger partial charge in [-0.25, -0.2) is 0 Å². The van der Waals surface area contributed by atoms with Gasteiger partial charge in [-0.2, -0.15) is 0 Å². The van der Waals surface area contributed by atoms with E-state index in [1.54, 1.807) is 42.5 Å². The van der Waals surface area contributed by atoms with Gasteiger partial charge in [-0.15, -0.1) is 0 Å². The number of nitrogens with one attached hydrogen (secondary N) is 2. The van der Waals surface area contributed by atoms with Gasteiger partial charge in [0.1, 0.15) is 6.10 Å². The summed E-state index contributed by atoms with van der Waals surface area (Å²) in [6.45, 7) is 0. The van der Waals surface area contributed by atoms with Gasteiger partial charge in [-0.3, -0.25) is 14.4 Å². The molecule has 2 amide bonds. The number of rotatable bonds is 4. The third kappa shape index (κ3) is 3.52. The van der Waals surface area contributed by atoms with E-state index < -0.39 is 5.92 Å². The number of carbonyl (C=O) groups is 3. The van der Waals surface area contributed by atoms with Crippen LogP contribution < -0.4 is 10.6 Å². The van der Waals surface area contributed by atoms with E-state index in [0.717, 1.165) is 6.42 Å². The molecule has 2 saturated carbocycles. The number of alkyl halides is 1. The van der Waals surface area contributed by atoms with Gasteiger partial charge in [0, 0.05) is 22.2 Å². The number of hydrogen-bond acceptors (Lipinski definition) is 4. The summed E-state index contributed by atoms with van der Waals surface area (Å²) < 4.78 is 5.46. The number of ether oxygens (including phenoxy) is 1. The summed E-state index contributed by atoms with van der Waals surface area (Å²) >= 11 is 15.6. The standard InChI is InChI=1S/C22H17BrCl2N2O4/c23-18-12-8-13-17(22(30)31-19(13)18)16(12)21(29)26-11-4-1-9(2-5-11)20(28)27-15-6-3-10(24)7-14(15)25/h1-7,12-13,16-19H,8H2,(H,26,29)(H,27,28)/t12-,13-,16-,17+,18+,19+/m1/s1. The number of carbonyl (C=O) groups excluding carboxylic acids is 3. The summed E-state index contributed by atoms with van der Waals surface area (Å²) in [5, 5.41) is 6.44. The Labute approximate surface area is 196 Å². The molecule has 3 aliphatic rings. The van der Waals surface area contributed by atoms with Gasteiger partial charge in [-0.05, 0) is 54.8 Å². The first kappa shape index (κ1) is 20.8. The highest BCUT2D eigenvalue weighted by molar-refractivity contribution is 9.09. The first-order valence-corrected chi connectivity index (χ1v) is 11.5. The van der Waals surface area contributed by atoms with Crippen LogP contribution in [0.3, 0.4) is 0 Å². The number of esters is 1. The molecule has 9 heteroatoms. The van der Waals surface area contributed by atoms with E-state index in [4.69, 9.17) is 27.9 Å². The zero-order valence-corrected chi connectivity index (χ0v) is 19.1. The fraction of sp³-hybridized carbons (Fsp3) is 0.318. The first-order valence-electron chi connectivity index (χ1n) is 9.85. The van der Waals surface area contributed by atoms with Crippen molar-refractivity contribution in [3.63, 3.8) is 0 Å². The molecular formula is C22H17BrCl2N2O4. The molecule has 1 aliphatic heterocycles. The van der Waals surface area contributed by atoms with Crippen LogP contribution >= 0.6 is 39.1 Å². The minimum absolute atomic E-state index is 0.0155. The maximum Gasteiger partial charge on any atom is 0.310 e. The summed E-state index contributed by atoms with van der Waals surface area (Å²) in [6.07, 6.45) is 0.708. The Morgan fingerprint density at radius 1 is 1.03 bits per heavy atom. The molecule has 3 fully saturated rings. The molecule has 2 aliphatic carbocycles. The second-order valence-corrected chi connectivity index (χ2v) is 10.0. The molecule has 2 N–H and O–H groups in total. The molecule has 0 radical (unpaired) electrons. The number of amides is 2. The van der Waals surface area contributed by atoms with Crippen LogP contribution in [0.15, 0.2) is 42.5 Å². The highest BCUT2D eigenvalue weighted by atomic mass is 79.9. The lowest BCUT2D eigenvalue weighted by Crippen LogP contribution is -2.40. The van der Waals surface area contributed by atoms with E-state index in [1.165, 1.54) is 0 Å².